The Hall–Kier alpha value is -3.50. The molecule has 10 nitrogen and oxygen atoms in total. The van der Waals surface area contributed by atoms with E-state index in [1.165, 1.54) is 0 Å². The van der Waals surface area contributed by atoms with Crippen LogP contribution >= 0.6 is 23.2 Å². The predicted molar refractivity (Wildman–Crippen MR) is 125 cm³/mol. The number of amides is 4. The third kappa shape index (κ3) is 10.4. The lowest BCUT2D eigenvalue weighted by atomic mass is 10.2. The van der Waals surface area contributed by atoms with Crippen LogP contribution < -0.4 is 31.2 Å². The maximum absolute atomic E-state index is 11.8. The lowest BCUT2D eigenvalue weighted by Gasteiger charge is -2.10. The Morgan fingerprint density at radius 1 is 0.588 bits per heavy atom. The molecule has 0 atom stereocenters. The molecule has 0 bridgehead atoms. The van der Waals surface area contributed by atoms with Gasteiger partial charge in [-0.1, -0.05) is 47.5 Å². The van der Waals surface area contributed by atoms with Gasteiger partial charge in [0.25, 0.3) is 11.8 Å². The van der Waals surface area contributed by atoms with Gasteiger partial charge in [-0.05, 0) is 37.1 Å². The summed E-state index contributed by atoms with van der Waals surface area (Å²) in [5.41, 5.74) is 8.98. The number of carbonyl (C=O) groups is 4. The summed E-state index contributed by atoms with van der Waals surface area (Å²) in [6, 6.07) is 13.4. The van der Waals surface area contributed by atoms with E-state index in [0.717, 1.165) is 0 Å². The van der Waals surface area contributed by atoms with E-state index in [-0.39, 0.29) is 26.1 Å². The number of unbranched alkanes of at least 4 members (excludes halogenated alkanes) is 1. The number of carbonyl (C=O) groups excluding carboxylic acids is 4. The van der Waals surface area contributed by atoms with Gasteiger partial charge < -0.3 is 9.47 Å². The number of hydrazine groups is 2. The molecule has 4 N–H and O–H groups in total. The maximum Gasteiger partial charge on any atom is 0.276 e. The highest BCUT2D eigenvalue weighted by Gasteiger charge is 2.09. The van der Waals surface area contributed by atoms with Crippen molar-refractivity contribution in [3.63, 3.8) is 0 Å². The molecule has 0 aliphatic rings. The normalized spacial score (nSPS) is 10.1. The molecule has 0 aliphatic heterocycles. The number of benzene rings is 2. The highest BCUT2D eigenvalue weighted by molar-refractivity contribution is 6.32. The van der Waals surface area contributed by atoms with Gasteiger partial charge in [0, 0.05) is 12.8 Å². The van der Waals surface area contributed by atoms with Crippen LogP contribution in [0, 0.1) is 0 Å². The van der Waals surface area contributed by atoms with Crippen molar-refractivity contribution >= 4 is 46.8 Å². The number of nitrogens with one attached hydrogen (secondary N) is 4. The molecule has 0 aromatic heterocycles. The Morgan fingerprint density at radius 3 is 1.32 bits per heavy atom. The first-order chi connectivity index (χ1) is 16.3. The summed E-state index contributed by atoms with van der Waals surface area (Å²) in [4.78, 5) is 47.0. The van der Waals surface area contributed by atoms with Crippen molar-refractivity contribution in [1.82, 2.24) is 21.7 Å². The van der Waals surface area contributed by atoms with Gasteiger partial charge in [0.15, 0.2) is 13.2 Å². The van der Waals surface area contributed by atoms with Gasteiger partial charge in [-0.25, -0.2) is 0 Å². The minimum Gasteiger partial charge on any atom is -0.482 e. The highest BCUT2D eigenvalue weighted by Crippen LogP contribution is 2.23. The number of hydrogen-bond acceptors (Lipinski definition) is 6. The number of rotatable bonds is 11. The Balaban J connectivity index is 1.50. The summed E-state index contributed by atoms with van der Waals surface area (Å²) in [5.74, 6) is -1.24. The van der Waals surface area contributed by atoms with E-state index < -0.39 is 23.6 Å². The Labute approximate surface area is 206 Å². The molecular formula is C22H24Cl2N4O6. The van der Waals surface area contributed by atoms with Gasteiger partial charge in [-0.15, -0.1) is 0 Å². The third-order valence-corrected chi connectivity index (χ3v) is 4.76. The minimum atomic E-state index is -0.554. The average Bonchev–Trinajstić information content (AvgIpc) is 2.83. The second kappa shape index (κ2) is 14.6. The molecular weight excluding hydrogens is 487 g/mol. The zero-order valence-corrected chi connectivity index (χ0v) is 19.6. The quantitative estimate of drug-likeness (QED) is 0.270. The second-order valence-electron chi connectivity index (χ2n) is 6.84. The molecule has 0 saturated carbocycles. The predicted octanol–water partition coefficient (Wildman–Crippen LogP) is 2.31. The van der Waals surface area contributed by atoms with E-state index in [1.807, 2.05) is 0 Å². The van der Waals surface area contributed by atoms with Crippen molar-refractivity contribution < 1.29 is 28.7 Å². The summed E-state index contributed by atoms with van der Waals surface area (Å²) in [6.07, 6.45) is 0.984. The summed E-state index contributed by atoms with van der Waals surface area (Å²) in [7, 11) is 0. The largest absolute Gasteiger partial charge is 0.482 e. The molecule has 2 rings (SSSR count). The molecule has 0 heterocycles. The molecule has 0 unspecified atom stereocenters. The first-order valence-corrected chi connectivity index (χ1v) is 11.0. The first kappa shape index (κ1) is 26.7. The smallest absolute Gasteiger partial charge is 0.276 e. The van der Waals surface area contributed by atoms with Crippen LogP contribution in [-0.4, -0.2) is 36.8 Å². The molecule has 2 aromatic carbocycles. The van der Waals surface area contributed by atoms with Crippen molar-refractivity contribution in [2.45, 2.75) is 25.7 Å². The van der Waals surface area contributed by atoms with Crippen LogP contribution in [0.25, 0.3) is 0 Å². The van der Waals surface area contributed by atoms with Gasteiger partial charge >= 0.3 is 0 Å². The minimum absolute atomic E-state index is 0.0942. The van der Waals surface area contributed by atoms with Crippen LogP contribution in [0.1, 0.15) is 25.7 Å². The van der Waals surface area contributed by atoms with Crippen molar-refractivity contribution in [3.05, 3.63) is 58.6 Å². The van der Waals surface area contributed by atoms with Crippen LogP contribution in [-0.2, 0) is 19.2 Å². The standard InChI is InChI=1S/C22H24Cl2N4O6/c23-15-7-1-3-9-17(15)33-13-21(31)27-25-19(29)11-5-6-12-20(30)26-28-22(32)14-34-18-10-4-2-8-16(18)24/h1-4,7-10H,5-6,11-14H2,(H,25,29)(H,26,30)(H,27,31)(H,28,32). The molecule has 34 heavy (non-hydrogen) atoms. The van der Waals surface area contributed by atoms with E-state index in [0.29, 0.717) is 34.4 Å². The Morgan fingerprint density at radius 2 is 0.941 bits per heavy atom. The molecule has 12 heteroatoms. The lowest BCUT2D eigenvalue weighted by Crippen LogP contribution is -2.44. The van der Waals surface area contributed by atoms with Crippen LogP contribution in [0.15, 0.2) is 48.5 Å². The van der Waals surface area contributed by atoms with Crippen molar-refractivity contribution in [2.24, 2.45) is 0 Å². The molecule has 182 valence electrons. The molecule has 0 fully saturated rings. The zero-order valence-electron chi connectivity index (χ0n) is 18.1. The van der Waals surface area contributed by atoms with E-state index in [1.54, 1.807) is 48.5 Å². The Bertz CT molecular complexity index is 925. The van der Waals surface area contributed by atoms with Crippen LogP contribution in [0.5, 0.6) is 11.5 Å². The fourth-order valence-electron chi connectivity index (χ4n) is 2.46. The maximum atomic E-state index is 11.8. The van der Waals surface area contributed by atoms with Gasteiger partial charge in [0.05, 0.1) is 10.0 Å². The fourth-order valence-corrected chi connectivity index (χ4v) is 2.84. The summed E-state index contributed by atoms with van der Waals surface area (Å²) >= 11 is 11.8. The summed E-state index contributed by atoms with van der Waals surface area (Å²) in [6.45, 7) is -0.640. The SMILES string of the molecule is O=C(CCCCC(=O)NNC(=O)COc1ccccc1Cl)NNC(=O)COc1ccccc1Cl. The van der Waals surface area contributed by atoms with E-state index >= 15 is 0 Å². The number of halogens is 2. The van der Waals surface area contributed by atoms with Crippen LogP contribution in [0.4, 0.5) is 0 Å². The highest BCUT2D eigenvalue weighted by atomic mass is 35.5. The van der Waals surface area contributed by atoms with E-state index in [2.05, 4.69) is 21.7 Å². The number of ether oxygens (including phenoxy) is 2. The van der Waals surface area contributed by atoms with E-state index in [4.69, 9.17) is 32.7 Å². The van der Waals surface area contributed by atoms with Gasteiger partial charge in [0.1, 0.15) is 11.5 Å². The molecule has 0 radical (unpaired) electrons. The number of para-hydroxylation sites is 2. The Kier molecular flexibility index (Phi) is 11.5. The summed E-state index contributed by atoms with van der Waals surface area (Å²) < 4.78 is 10.5. The van der Waals surface area contributed by atoms with Gasteiger partial charge in [-0.3, -0.25) is 40.9 Å². The molecule has 2 aromatic rings. The van der Waals surface area contributed by atoms with Crippen LogP contribution in [0.3, 0.4) is 0 Å². The topological polar surface area (TPSA) is 135 Å². The van der Waals surface area contributed by atoms with Crippen LogP contribution in [0.2, 0.25) is 10.0 Å². The van der Waals surface area contributed by atoms with E-state index in [9.17, 15) is 19.2 Å². The van der Waals surface area contributed by atoms with Crippen molar-refractivity contribution in [1.29, 1.82) is 0 Å². The second-order valence-corrected chi connectivity index (χ2v) is 7.65. The molecule has 0 spiro atoms. The average molecular weight is 511 g/mol. The first-order valence-electron chi connectivity index (χ1n) is 10.2. The van der Waals surface area contributed by atoms with Crippen molar-refractivity contribution in [2.75, 3.05) is 13.2 Å². The monoisotopic (exact) mass is 510 g/mol. The summed E-state index contributed by atoms with van der Waals surface area (Å²) in [5, 5.41) is 0.738. The molecule has 0 aliphatic carbocycles. The van der Waals surface area contributed by atoms with Gasteiger partial charge in [-0.2, -0.15) is 0 Å². The van der Waals surface area contributed by atoms with Crippen molar-refractivity contribution in [3.8, 4) is 11.5 Å². The lowest BCUT2D eigenvalue weighted by molar-refractivity contribution is -0.130. The molecule has 4 amide bonds. The number of hydrogen-bond donors (Lipinski definition) is 4. The van der Waals surface area contributed by atoms with Gasteiger partial charge in [0.2, 0.25) is 11.8 Å². The fraction of sp³-hybridized carbons (Fsp3) is 0.273. The zero-order chi connectivity index (χ0) is 24.8. The third-order valence-electron chi connectivity index (χ3n) is 4.13. The molecule has 0 saturated heterocycles.